The number of fused-ring (bicyclic) bond motifs is 1. The molecule has 0 saturated carbocycles. The van der Waals surface area contributed by atoms with Crippen LogP contribution in [0.5, 0.6) is 0 Å². The molecular weight excluding hydrogens is 416 g/mol. The van der Waals surface area contributed by atoms with Crippen molar-refractivity contribution < 1.29 is 13.3 Å². The summed E-state index contributed by atoms with van der Waals surface area (Å²) in [5.41, 5.74) is 3.98. The molecule has 1 N–H and O–H groups in total. The molecule has 0 aromatic heterocycles. The monoisotopic (exact) mass is 440 g/mol. The Bertz CT molecular complexity index is 1250. The summed E-state index contributed by atoms with van der Waals surface area (Å²) >= 11 is 0. The van der Waals surface area contributed by atoms with Crippen molar-refractivity contribution in [3.8, 4) is 0 Å². The van der Waals surface area contributed by atoms with Crippen LogP contribution in [0.15, 0.2) is 70.7 Å². The normalized spacial score (nSPS) is 12.3. The lowest BCUT2D eigenvalue weighted by atomic mass is 10.0. The third-order valence-corrected chi connectivity index (χ3v) is 7.07. The van der Waals surface area contributed by atoms with E-state index in [0.717, 1.165) is 22.4 Å². The SMILES string of the molecule is CCN(CC)S(=O)(=O)c1ccc(NN=C(C)c2ccc3ccccc3c2)c([N+](=O)[O-])c1. The Kier molecular flexibility index (Phi) is 6.67. The van der Waals surface area contributed by atoms with E-state index in [1.165, 1.54) is 16.4 Å². The fraction of sp³-hybridized carbons (Fsp3) is 0.227. The van der Waals surface area contributed by atoms with E-state index in [1.807, 2.05) is 42.5 Å². The Labute approximate surface area is 181 Å². The first-order valence-corrected chi connectivity index (χ1v) is 11.3. The molecular formula is C22H24N4O4S. The number of rotatable bonds is 8. The zero-order valence-electron chi connectivity index (χ0n) is 17.6. The Morgan fingerprint density at radius 2 is 1.71 bits per heavy atom. The van der Waals surface area contributed by atoms with E-state index < -0.39 is 14.9 Å². The summed E-state index contributed by atoms with van der Waals surface area (Å²) in [5.74, 6) is 0. The molecule has 3 rings (SSSR count). The lowest BCUT2D eigenvalue weighted by Crippen LogP contribution is -2.30. The standard InChI is InChI=1S/C22H24N4O4S/c1-4-25(5-2)31(29,30)20-12-13-21(22(15-20)26(27)28)24-23-16(3)18-11-10-17-8-6-7-9-19(17)14-18/h6-15,24H,4-5H2,1-3H3. The highest BCUT2D eigenvalue weighted by Gasteiger charge is 2.25. The molecule has 0 saturated heterocycles. The van der Waals surface area contributed by atoms with Crippen molar-refractivity contribution in [3.63, 3.8) is 0 Å². The Hall–Kier alpha value is -3.30. The first kappa shape index (κ1) is 22.4. The van der Waals surface area contributed by atoms with E-state index in [2.05, 4.69) is 10.5 Å². The number of hydrogen-bond donors (Lipinski definition) is 1. The van der Waals surface area contributed by atoms with E-state index >= 15 is 0 Å². The third-order valence-electron chi connectivity index (χ3n) is 5.02. The molecule has 9 heteroatoms. The number of nitrogens with zero attached hydrogens (tertiary/aromatic N) is 3. The summed E-state index contributed by atoms with van der Waals surface area (Å²) in [7, 11) is -3.80. The number of hydrazone groups is 1. The molecule has 8 nitrogen and oxygen atoms in total. The predicted molar refractivity (Wildman–Crippen MR) is 123 cm³/mol. The second-order valence-electron chi connectivity index (χ2n) is 6.90. The molecule has 162 valence electrons. The number of nitrogens with one attached hydrogen (secondary N) is 1. The Morgan fingerprint density at radius 3 is 2.35 bits per heavy atom. The minimum Gasteiger partial charge on any atom is -0.271 e. The molecule has 0 heterocycles. The van der Waals surface area contributed by atoms with Crippen LogP contribution in [-0.2, 0) is 10.0 Å². The van der Waals surface area contributed by atoms with E-state index in [4.69, 9.17) is 0 Å². The maximum Gasteiger partial charge on any atom is 0.295 e. The minimum absolute atomic E-state index is 0.114. The second kappa shape index (κ2) is 9.23. The van der Waals surface area contributed by atoms with Crippen molar-refractivity contribution >= 4 is 37.9 Å². The predicted octanol–water partition coefficient (Wildman–Crippen LogP) is 4.61. The smallest absolute Gasteiger partial charge is 0.271 e. The summed E-state index contributed by atoms with van der Waals surface area (Å²) in [6.07, 6.45) is 0. The molecule has 0 atom stereocenters. The average molecular weight is 441 g/mol. The molecule has 0 bridgehead atoms. The van der Waals surface area contributed by atoms with Gasteiger partial charge < -0.3 is 0 Å². The highest BCUT2D eigenvalue weighted by atomic mass is 32.2. The zero-order chi connectivity index (χ0) is 22.6. The van der Waals surface area contributed by atoms with Gasteiger partial charge in [0.25, 0.3) is 5.69 Å². The molecule has 0 aliphatic heterocycles. The molecule has 0 amide bonds. The van der Waals surface area contributed by atoms with Crippen molar-refractivity contribution in [1.29, 1.82) is 0 Å². The van der Waals surface area contributed by atoms with Gasteiger partial charge in [0.15, 0.2) is 0 Å². The molecule has 0 aliphatic rings. The topological polar surface area (TPSA) is 105 Å². The summed E-state index contributed by atoms with van der Waals surface area (Å²) in [6.45, 7) is 5.79. The van der Waals surface area contributed by atoms with Gasteiger partial charge in [-0.1, -0.05) is 50.2 Å². The highest BCUT2D eigenvalue weighted by molar-refractivity contribution is 7.89. The van der Waals surface area contributed by atoms with Crippen LogP contribution < -0.4 is 5.43 Å². The van der Waals surface area contributed by atoms with Gasteiger partial charge in [-0.2, -0.15) is 9.41 Å². The van der Waals surface area contributed by atoms with Crippen molar-refractivity contribution in [2.45, 2.75) is 25.7 Å². The first-order chi connectivity index (χ1) is 14.8. The van der Waals surface area contributed by atoms with Crippen LogP contribution in [0.2, 0.25) is 0 Å². The van der Waals surface area contributed by atoms with Gasteiger partial charge in [-0.25, -0.2) is 8.42 Å². The number of anilines is 1. The molecule has 0 spiro atoms. The van der Waals surface area contributed by atoms with Crippen LogP contribution in [0.1, 0.15) is 26.3 Å². The van der Waals surface area contributed by atoms with Crippen molar-refractivity contribution in [3.05, 3.63) is 76.3 Å². The van der Waals surface area contributed by atoms with Crippen LogP contribution in [0.4, 0.5) is 11.4 Å². The van der Waals surface area contributed by atoms with Gasteiger partial charge >= 0.3 is 0 Å². The lowest BCUT2D eigenvalue weighted by molar-refractivity contribution is -0.384. The van der Waals surface area contributed by atoms with E-state index in [0.29, 0.717) is 5.71 Å². The number of nitro benzene ring substituents is 1. The summed E-state index contributed by atoms with van der Waals surface area (Å²) < 4.78 is 26.6. The number of hydrogen-bond acceptors (Lipinski definition) is 6. The van der Waals surface area contributed by atoms with Gasteiger partial charge in [0.05, 0.1) is 15.5 Å². The minimum atomic E-state index is -3.80. The van der Waals surface area contributed by atoms with Crippen LogP contribution in [0.3, 0.4) is 0 Å². The summed E-state index contributed by atoms with van der Waals surface area (Å²) in [4.78, 5) is 10.8. The lowest BCUT2D eigenvalue weighted by Gasteiger charge is -2.18. The molecule has 0 radical (unpaired) electrons. The Balaban J connectivity index is 1.92. The van der Waals surface area contributed by atoms with Crippen molar-refractivity contribution in [2.75, 3.05) is 18.5 Å². The zero-order valence-corrected chi connectivity index (χ0v) is 18.4. The van der Waals surface area contributed by atoms with Gasteiger partial charge in [0.1, 0.15) is 5.69 Å². The maximum atomic E-state index is 12.7. The molecule has 31 heavy (non-hydrogen) atoms. The van der Waals surface area contributed by atoms with E-state index in [-0.39, 0.29) is 29.4 Å². The Morgan fingerprint density at radius 1 is 1.03 bits per heavy atom. The molecule has 3 aromatic rings. The van der Waals surface area contributed by atoms with Crippen molar-refractivity contribution in [1.82, 2.24) is 4.31 Å². The quantitative estimate of drug-likeness (QED) is 0.313. The van der Waals surface area contributed by atoms with Crippen LogP contribution >= 0.6 is 0 Å². The number of nitro groups is 1. The van der Waals surface area contributed by atoms with Gasteiger partial charge in [-0.05, 0) is 41.5 Å². The van der Waals surface area contributed by atoms with Crippen LogP contribution in [-0.4, -0.2) is 36.4 Å². The van der Waals surface area contributed by atoms with Gasteiger partial charge in [0.2, 0.25) is 10.0 Å². The van der Waals surface area contributed by atoms with Crippen LogP contribution in [0, 0.1) is 10.1 Å². The van der Waals surface area contributed by atoms with Gasteiger partial charge in [-0.15, -0.1) is 0 Å². The van der Waals surface area contributed by atoms with Crippen molar-refractivity contribution in [2.24, 2.45) is 5.10 Å². The van der Waals surface area contributed by atoms with Crippen LogP contribution in [0.25, 0.3) is 10.8 Å². The van der Waals surface area contributed by atoms with E-state index in [9.17, 15) is 18.5 Å². The molecule has 0 unspecified atom stereocenters. The molecule has 3 aromatic carbocycles. The largest absolute Gasteiger partial charge is 0.295 e. The van der Waals surface area contributed by atoms with Gasteiger partial charge in [0, 0.05) is 19.2 Å². The van der Waals surface area contributed by atoms with E-state index in [1.54, 1.807) is 20.8 Å². The highest BCUT2D eigenvalue weighted by Crippen LogP contribution is 2.29. The fourth-order valence-electron chi connectivity index (χ4n) is 3.25. The number of sulfonamides is 1. The summed E-state index contributed by atoms with van der Waals surface area (Å²) in [5, 5.41) is 18.0. The second-order valence-corrected chi connectivity index (χ2v) is 8.83. The number of benzene rings is 3. The maximum absolute atomic E-state index is 12.7. The average Bonchev–Trinajstić information content (AvgIpc) is 2.77. The first-order valence-electron chi connectivity index (χ1n) is 9.86. The molecule has 0 fully saturated rings. The summed E-state index contributed by atoms with van der Waals surface area (Å²) in [6, 6.07) is 17.6. The third kappa shape index (κ3) is 4.73. The fourth-order valence-corrected chi connectivity index (χ4v) is 4.73. The molecule has 0 aliphatic carbocycles. The van der Waals surface area contributed by atoms with Gasteiger partial charge in [-0.3, -0.25) is 15.5 Å².